The van der Waals surface area contributed by atoms with Gasteiger partial charge in [-0.3, -0.25) is 4.79 Å². The fourth-order valence-electron chi connectivity index (χ4n) is 1.61. The minimum atomic E-state index is -0.347. The van der Waals surface area contributed by atoms with Gasteiger partial charge in [-0.05, 0) is 12.1 Å². The van der Waals surface area contributed by atoms with Crippen LogP contribution in [0, 0.1) is 0 Å². The fraction of sp³-hybridized carbons (Fsp3) is 0.214. The Labute approximate surface area is 127 Å². The number of hydrogen-bond acceptors (Lipinski definition) is 5. The van der Waals surface area contributed by atoms with Crippen molar-refractivity contribution >= 4 is 29.0 Å². The quantitative estimate of drug-likeness (QED) is 0.802. The predicted octanol–water partition coefficient (Wildman–Crippen LogP) is 2.44. The normalized spacial score (nSPS) is 10.2. The molecule has 21 heavy (non-hydrogen) atoms. The van der Waals surface area contributed by atoms with E-state index < -0.39 is 0 Å². The molecule has 0 saturated carbocycles. The molecule has 6 nitrogen and oxygen atoms in total. The average molecular weight is 307 g/mol. The Bertz CT molecular complexity index is 621. The Hall–Kier alpha value is -2.18. The van der Waals surface area contributed by atoms with Crippen molar-refractivity contribution in [3.63, 3.8) is 0 Å². The number of nitrogens with one attached hydrogen (secondary N) is 2. The van der Waals surface area contributed by atoms with Crippen LogP contribution in [-0.2, 0) is 4.74 Å². The number of ether oxygens (including phenoxy) is 1. The van der Waals surface area contributed by atoms with Gasteiger partial charge in [0.25, 0.3) is 5.91 Å². The molecule has 0 saturated heterocycles. The van der Waals surface area contributed by atoms with Crippen LogP contribution < -0.4 is 10.6 Å². The van der Waals surface area contributed by atoms with E-state index in [9.17, 15) is 4.79 Å². The van der Waals surface area contributed by atoms with E-state index in [0.717, 1.165) is 0 Å². The summed E-state index contributed by atoms with van der Waals surface area (Å²) in [5.41, 5.74) is 0.793. The Morgan fingerprint density at radius 2 is 2.14 bits per heavy atom. The maximum absolute atomic E-state index is 12.1. The van der Waals surface area contributed by atoms with E-state index in [0.29, 0.717) is 29.7 Å². The van der Waals surface area contributed by atoms with Gasteiger partial charge < -0.3 is 15.4 Å². The average Bonchev–Trinajstić information content (AvgIpc) is 2.50. The number of hydrogen-bond donors (Lipinski definition) is 2. The molecule has 1 aromatic heterocycles. The molecule has 0 spiro atoms. The molecule has 2 N–H and O–H groups in total. The Kier molecular flexibility index (Phi) is 5.48. The Morgan fingerprint density at radius 3 is 2.90 bits per heavy atom. The summed E-state index contributed by atoms with van der Waals surface area (Å²) in [7, 11) is 1.62. The highest BCUT2D eigenvalue weighted by atomic mass is 35.5. The molecule has 0 radical (unpaired) electrons. The number of methoxy groups -OCH3 is 1. The van der Waals surface area contributed by atoms with Gasteiger partial charge in [0.05, 0.1) is 17.3 Å². The molecule has 0 fully saturated rings. The summed E-state index contributed by atoms with van der Waals surface area (Å²) in [6.45, 7) is 1.14. The third kappa shape index (κ3) is 4.40. The van der Waals surface area contributed by atoms with Crippen LogP contribution in [0.4, 0.5) is 11.5 Å². The van der Waals surface area contributed by atoms with Gasteiger partial charge in [0.15, 0.2) is 0 Å². The first-order valence-electron chi connectivity index (χ1n) is 6.31. The van der Waals surface area contributed by atoms with Crippen LogP contribution in [0.5, 0.6) is 0 Å². The van der Waals surface area contributed by atoms with Crippen molar-refractivity contribution in [1.82, 2.24) is 9.97 Å². The molecule has 0 aliphatic rings. The molecule has 1 aromatic carbocycles. The molecule has 0 aliphatic heterocycles. The van der Waals surface area contributed by atoms with Gasteiger partial charge in [-0.2, -0.15) is 0 Å². The lowest BCUT2D eigenvalue weighted by atomic mass is 10.3. The smallest absolute Gasteiger partial charge is 0.274 e. The second-order valence-corrected chi connectivity index (χ2v) is 4.55. The summed E-state index contributed by atoms with van der Waals surface area (Å²) in [4.78, 5) is 20.1. The van der Waals surface area contributed by atoms with E-state index in [-0.39, 0.29) is 11.6 Å². The first-order chi connectivity index (χ1) is 10.2. The summed E-state index contributed by atoms with van der Waals surface area (Å²) in [6, 6.07) is 8.58. The minimum absolute atomic E-state index is 0.254. The third-order valence-electron chi connectivity index (χ3n) is 2.63. The molecule has 0 aliphatic carbocycles. The van der Waals surface area contributed by atoms with Crippen LogP contribution in [0.3, 0.4) is 0 Å². The first-order valence-corrected chi connectivity index (χ1v) is 6.69. The van der Waals surface area contributed by atoms with E-state index in [1.54, 1.807) is 37.4 Å². The zero-order valence-electron chi connectivity index (χ0n) is 11.5. The SMILES string of the molecule is COCCNc1cc(C(=O)Nc2ccccc2Cl)ncn1. The van der Waals surface area contributed by atoms with Crippen molar-refractivity contribution in [3.8, 4) is 0 Å². The van der Waals surface area contributed by atoms with Crippen LogP contribution in [0.15, 0.2) is 36.7 Å². The maximum atomic E-state index is 12.1. The maximum Gasteiger partial charge on any atom is 0.274 e. The number of rotatable bonds is 6. The predicted molar refractivity (Wildman–Crippen MR) is 81.8 cm³/mol. The van der Waals surface area contributed by atoms with Gasteiger partial charge in [-0.25, -0.2) is 9.97 Å². The standard InChI is InChI=1S/C14H15ClN4O2/c1-21-7-6-16-13-8-12(17-9-18-13)14(20)19-11-5-3-2-4-10(11)15/h2-5,8-9H,6-7H2,1H3,(H,19,20)(H,16,17,18). The van der Waals surface area contributed by atoms with Crippen molar-refractivity contribution in [3.05, 3.63) is 47.4 Å². The summed E-state index contributed by atoms with van der Waals surface area (Å²) in [5.74, 6) is 0.214. The molecule has 1 heterocycles. The lowest BCUT2D eigenvalue weighted by molar-refractivity contribution is 0.102. The molecular formula is C14H15ClN4O2. The number of aromatic nitrogens is 2. The van der Waals surface area contributed by atoms with Gasteiger partial charge >= 0.3 is 0 Å². The van der Waals surface area contributed by atoms with Crippen LogP contribution in [0.2, 0.25) is 5.02 Å². The highest BCUT2D eigenvalue weighted by Gasteiger charge is 2.10. The number of carbonyl (C=O) groups excluding carboxylic acids is 1. The first kappa shape index (κ1) is 15.2. The molecule has 0 bridgehead atoms. The van der Waals surface area contributed by atoms with Crippen LogP contribution in [-0.4, -0.2) is 36.1 Å². The molecule has 0 atom stereocenters. The Morgan fingerprint density at radius 1 is 1.33 bits per heavy atom. The van der Waals surface area contributed by atoms with Crippen LogP contribution in [0.1, 0.15) is 10.5 Å². The van der Waals surface area contributed by atoms with Crippen molar-refractivity contribution in [2.24, 2.45) is 0 Å². The molecule has 0 unspecified atom stereocenters. The van der Waals surface area contributed by atoms with Crippen molar-refractivity contribution in [2.75, 3.05) is 30.9 Å². The summed E-state index contributed by atoms with van der Waals surface area (Å²) >= 11 is 6.00. The van der Waals surface area contributed by atoms with Gasteiger partial charge in [0.1, 0.15) is 17.8 Å². The monoisotopic (exact) mass is 306 g/mol. The fourth-order valence-corrected chi connectivity index (χ4v) is 1.79. The van der Waals surface area contributed by atoms with E-state index in [2.05, 4.69) is 20.6 Å². The summed E-state index contributed by atoms with van der Waals surface area (Å²) in [5, 5.41) is 6.21. The molecule has 2 rings (SSSR count). The van der Waals surface area contributed by atoms with E-state index in [4.69, 9.17) is 16.3 Å². The number of nitrogens with zero attached hydrogens (tertiary/aromatic N) is 2. The van der Waals surface area contributed by atoms with E-state index in [1.807, 2.05) is 0 Å². The molecule has 7 heteroatoms. The van der Waals surface area contributed by atoms with Gasteiger partial charge in [0.2, 0.25) is 0 Å². The van der Waals surface area contributed by atoms with Crippen LogP contribution in [0.25, 0.3) is 0 Å². The van der Waals surface area contributed by atoms with E-state index in [1.165, 1.54) is 6.33 Å². The zero-order valence-corrected chi connectivity index (χ0v) is 12.2. The highest BCUT2D eigenvalue weighted by molar-refractivity contribution is 6.33. The lowest BCUT2D eigenvalue weighted by Crippen LogP contribution is -2.15. The number of halogens is 1. The second kappa shape index (κ2) is 7.56. The minimum Gasteiger partial charge on any atom is -0.383 e. The number of amides is 1. The molecule has 110 valence electrons. The largest absolute Gasteiger partial charge is 0.383 e. The van der Waals surface area contributed by atoms with Crippen molar-refractivity contribution in [2.45, 2.75) is 0 Å². The summed E-state index contributed by atoms with van der Waals surface area (Å²) in [6.07, 6.45) is 1.33. The van der Waals surface area contributed by atoms with Gasteiger partial charge in [0, 0.05) is 19.7 Å². The topological polar surface area (TPSA) is 76.1 Å². The number of carbonyl (C=O) groups is 1. The van der Waals surface area contributed by atoms with Crippen molar-refractivity contribution in [1.29, 1.82) is 0 Å². The van der Waals surface area contributed by atoms with Gasteiger partial charge in [-0.1, -0.05) is 23.7 Å². The molecular weight excluding hydrogens is 292 g/mol. The molecule has 1 amide bonds. The number of anilines is 2. The van der Waals surface area contributed by atoms with Crippen LogP contribution >= 0.6 is 11.6 Å². The Balaban J connectivity index is 2.05. The van der Waals surface area contributed by atoms with Crippen molar-refractivity contribution < 1.29 is 9.53 Å². The lowest BCUT2D eigenvalue weighted by Gasteiger charge is -2.08. The van der Waals surface area contributed by atoms with Gasteiger partial charge in [-0.15, -0.1) is 0 Å². The third-order valence-corrected chi connectivity index (χ3v) is 2.96. The number of benzene rings is 1. The molecule has 2 aromatic rings. The highest BCUT2D eigenvalue weighted by Crippen LogP contribution is 2.21. The van der Waals surface area contributed by atoms with E-state index >= 15 is 0 Å². The summed E-state index contributed by atoms with van der Waals surface area (Å²) < 4.78 is 4.93. The second-order valence-electron chi connectivity index (χ2n) is 4.14. The zero-order chi connectivity index (χ0) is 15.1. The number of para-hydroxylation sites is 1.